The number of carbonyl (C=O) groups is 2. The van der Waals surface area contributed by atoms with E-state index >= 15 is 0 Å². The molecule has 102 valence electrons. The maximum Gasteiger partial charge on any atom is 0.311 e. The molecule has 1 unspecified atom stereocenters. The van der Waals surface area contributed by atoms with Gasteiger partial charge in [0.15, 0.2) is 0 Å². The minimum absolute atomic E-state index is 0.137. The van der Waals surface area contributed by atoms with Crippen molar-refractivity contribution in [1.82, 2.24) is 0 Å². The molecule has 1 amide bonds. The Labute approximate surface area is 116 Å². The van der Waals surface area contributed by atoms with Crippen LogP contribution in [-0.2, 0) is 14.3 Å². The number of esters is 1. The van der Waals surface area contributed by atoms with Crippen LogP contribution in [0.2, 0.25) is 5.02 Å². The van der Waals surface area contributed by atoms with E-state index in [1.165, 1.54) is 12.0 Å². The summed E-state index contributed by atoms with van der Waals surface area (Å²) in [5, 5.41) is 0.415. The van der Waals surface area contributed by atoms with E-state index in [4.69, 9.17) is 16.3 Å². The van der Waals surface area contributed by atoms with Gasteiger partial charge in [0, 0.05) is 19.0 Å². The number of anilines is 1. The Morgan fingerprint density at radius 2 is 2.16 bits per heavy atom. The van der Waals surface area contributed by atoms with Crippen molar-refractivity contribution in [3.05, 3.63) is 23.2 Å². The monoisotopic (exact) mass is 283 g/mol. The highest BCUT2D eigenvalue weighted by molar-refractivity contribution is 6.34. The number of amides is 1. The predicted molar refractivity (Wildman–Crippen MR) is 70.5 cm³/mol. The SMILES string of the molecule is COC(=O)C1CC(=O)N(c2ccc(OC)cc2Cl)C1. The second kappa shape index (κ2) is 5.48. The Hall–Kier alpha value is -1.75. The third-order valence-corrected chi connectivity index (χ3v) is 3.41. The standard InChI is InChI=1S/C13H14ClNO4/c1-18-9-3-4-11(10(14)6-9)15-7-8(5-12(15)16)13(17)19-2/h3-4,6,8H,5,7H2,1-2H3. The molecule has 0 N–H and O–H groups in total. The van der Waals surface area contributed by atoms with Crippen LogP contribution < -0.4 is 9.64 Å². The first-order valence-corrected chi connectivity index (χ1v) is 6.16. The summed E-state index contributed by atoms with van der Waals surface area (Å²) >= 11 is 6.12. The zero-order valence-corrected chi connectivity index (χ0v) is 11.4. The average molecular weight is 284 g/mol. The normalized spacial score (nSPS) is 18.6. The number of benzene rings is 1. The summed E-state index contributed by atoms with van der Waals surface area (Å²) in [6.45, 7) is 0.289. The Morgan fingerprint density at radius 1 is 1.42 bits per heavy atom. The fourth-order valence-electron chi connectivity index (χ4n) is 2.10. The zero-order valence-electron chi connectivity index (χ0n) is 10.7. The molecule has 1 saturated heterocycles. The highest BCUT2D eigenvalue weighted by Gasteiger charge is 2.36. The lowest BCUT2D eigenvalue weighted by Crippen LogP contribution is -2.26. The van der Waals surface area contributed by atoms with Crippen molar-refractivity contribution in [2.75, 3.05) is 25.7 Å². The molecule has 5 nitrogen and oxygen atoms in total. The summed E-state index contributed by atoms with van der Waals surface area (Å²) in [6, 6.07) is 5.06. The number of carbonyl (C=O) groups excluding carboxylic acids is 2. The molecule has 19 heavy (non-hydrogen) atoms. The topological polar surface area (TPSA) is 55.8 Å². The molecule has 0 radical (unpaired) electrons. The van der Waals surface area contributed by atoms with E-state index in [0.29, 0.717) is 16.5 Å². The molecule has 1 aliphatic rings. The molecule has 2 rings (SSSR count). The summed E-state index contributed by atoms with van der Waals surface area (Å²) in [5.74, 6) is -0.330. The van der Waals surface area contributed by atoms with Gasteiger partial charge < -0.3 is 14.4 Å². The summed E-state index contributed by atoms with van der Waals surface area (Å²) < 4.78 is 9.72. The van der Waals surface area contributed by atoms with E-state index in [2.05, 4.69) is 4.74 Å². The highest BCUT2D eigenvalue weighted by atomic mass is 35.5. The molecular formula is C13H14ClNO4. The van der Waals surface area contributed by atoms with Crippen LogP contribution in [0.25, 0.3) is 0 Å². The minimum atomic E-state index is -0.435. The Morgan fingerprint density at radius 3 is 2.74 bits per heavy atom. The molecule has 1 aliphatic heterocycles. The van der Waals surface area contributed by atoms with Crippen LogP contribution >= 0.6 is 11.6 Å². The van der Waals surface area contributed by atoms with Crippen LogP contribution in [0.15, 0.2) is 18.2 Å². The number of hydrogen-bond donors (Lipinski definition) is 0. The lowest BCUT2D eigenvalue weighted by Gasteiger charge is -2.18. The first-order valence-electron chi connectivity index (χ1n) is 5.78. The lowest BCUT2D eigenvalue weighted by molar-refractivity contribution is -0.145. The average Bonchev–Trinajstić information content (AvgIpc) is 2.79. The maximum atomic E-state index is 11.9. The molecule has 6 heteroatoms. The van der Waals surface area contributed by atoms with Gasteiger partial charge in [-0.2, -0.15) is 0 Å². The number of rotatable bonds is 3. The highest BCUT2D eigenvalue weighted by Crippen LogP contribution is 2.33. The molecule has 1 fully saturated rings. The van der Waals surface area contributed by atoms with Crippen LogP contribution in [0.5, 0.6) is 5.75 Å². The van der Waals surface area contributed by atoms with Gasteiger partial charge in [-0.15, -0.1) is 0 Å². The van der Waals surface area contributed by atoms with Crippen molar-refractivity contribution in [3.63, 3.8) is 0 Å². The van der Waals surface area contributed by atoms with Crippen LogP contribution in [0.3, 0.4) is 0 Å². The van der Waals surface area contributed by atoms with Crippen LogP contribution in [0.1, 0.15) is 6.42 Å². The third-order valence-electron chi connectivity index (χ3n) is 3.11. The van der Waals surface area contributed by atoms with Gasteiger partial charge in [-0.1, -0.05) is 11.6 Å². The van der Waals surface area contributed by atoms with Gasteiger partial charge in [0.2, 0.25) is 5.91 Å². The van der Waals surface area contributed by atoms with Gasteiger partial charge in [0.05, 0.1) is 30.8 Å². The van der Waals surface area contributed by atoms with E-state index in [0.717, 1.165) is 0 Å². The summed E-state index contributed by atoms with van der Waals surface area (Å²) in [7, 11) is 2.86. The van der Waals surface area contributed by atoms with E-state index in [1.807, 2.05) is 0 Å². The lowest BCUT2D eigenvalue weighted by atomic mass is 10.1. The van der Waals surface area contributed by atoms with Gasteiger partial charge >= 0.3 is 5.97 Å². The van der Waals surface area contributed by atoms with Gasteiger partial charge in [0.25, 0.3) is 0 Å². The number of hydrogen-bond acceptors (Lipinski definition) is 4. The molecule has 0 aliphatic carbocycles. The van der Waals surface area contributed by atoms with Crippen molar-refractivity contribution in [1.29, 1.82) is 0 Å². The van der Waals surface area contributed by atoms with Gasteiger partial charge in [-0.05, 0) is 12.1 Å². The Kier molecular flexibility index (Phi) is 3.95. The zero-order chi connectivity index (χ0) is 14.0. The summed E-state index contributed by atoms with van der Waals surface area (Å²) in [6.07, 6.45) is 0.148. The van der Waals surface area contributed by atoms with E-state index in [-0.39, 0.29) is 24.8 Å². The van der Waals surface area contributed by atoms with E-state index in [1.54, 1.807) is 25.3 Å². The fourth-order valence-corrected chi connectivity index (χ4v) is 2.37. The van der Waals surface area contributed by atoms with Crippen molar-refractivity contribution >= 4 is 29.2 Å². The van der Waals surface area contributed by atoms with Crippen LogP contribution in [0, 0.1) is 5.92 Å². The number of methoxy groups -OCH3 is 2. The second-order valence-electron chi connectivity index (χ2n) is 4.25. The van der Waals surface area contributed by atoms with E-state index in [9.17, 15) is 9.59 Å². The minimum Gasteiger partial charge on any atom is -0.497 e. The molecule has 0 saturated carbocycles. The molecule has 1 atom stereocenters. The first-order chi connectivity index (χ1) is 9.06. The van der Waals surface area contributed by atoms with Crippen molar-refractivity contribution in [2.45, 2.75) is 6.42 Å². The summed E-state index contributed by atoms with van der Waals surface area (Å²) in [5.41, 5.74) is 0.582. The predicted octanol–water partition coefficient (Wildman–Crippen LogP) is 1.87. The molecule has 0 aromatic heterocycles. The molecule has 0 bridgehead atoms. The van der Waals surface area contributed by atoms with Crippen molar-refractivity contribution in [3.8, 4) is 5.75 Å². The molecule has 0 spiro atoms. The number of halogens is 1. The van der Waals surface area contributed by atoms with Crippen LogP contribution in [-0.4, -0.2) is 32.6 Å². The first kappa shape index (κ1) is 13.7. The Bertz CT molecular complexity index is 517. The number of ether oxygens (including phenoxy) is 2. The molecular weight excluding hydrogens is 270 g/mol. The number of nitrogens with zero attached hydrogens (tertiary/aromatic N) is 1. The van der Waals surface area contributed by atoms with Crippen molar-refractivity contribution < 1.29 is 19.1 Å². The fraction of sp³-hybridized carbons (Fsp3) is 0.385. The largest absolute Gasteiger partial charge is 0.497 e. The summed E-state index contributed by atoms with van der Waals surface area (Å²) in [4.78, 5) is 24.9. The van der Waals surface area contributed by atoms with Gasteiger partial charge in [-0.3, -0.25) is 9.59 Å². The molecule has 1 aromatic rings. The molecule has 1 aromatic carbocycles. The maximum absolute atomic E-state index is 11.9. The smallest absolute Gasteiger partial charge is 0.311 e. The van der Waals surface area contributed by atoms with E-state index < -0.39 is 5.92 Å². The van der Waals surface area contributed by atoms with Gasteiger partial charge in [0.1, 0.15) is 5.75 Å². The van der Waals surface area contributed by atoms with Crippen molar-refractivity contribution in [2.24, 2.45) is 5.92 Å². The van der Waals surface area contributed by atoms with Gasteiger partial charge in [-0.25, -0.2) is 0 Å². The van der Waals surface area contributed by atoms with Crippen LogP contribution in [0.4, 0.5) is 5.69 Å². The Balaban J connectivity index is 2.23. The quantitative estimate of drug-likeness (QED) is 0.795. The third kappa shape index (κ3) is 2.66. The molecule has 1 heterocycles. The second-order valence-corrected chi connectivity index (χ2v) is 4.65.